The highest BCUT2D eigenvalue weighted by Crippen LogP contribution is 2.24. The molecule has 5 heteroatoms. The van der Waals surface area contributed by atoms with Crippen LogP contribution in [0, 0.1) is 0 Å². The van der Waals surface area contributed by atoms with E-state index in [1.54, 1.807) is 20.4 Å². The van der Waals surface area contributed by atoms with E-state index in [-0.39, 0.29) is 0 Å². The lowest BCUT2D eigenvalue weighted by molar-refractivity contribution is 0.401. The number of fused-ring (bicyclic) bond motifs is 3. The van der Waals surface area contributed by atoms with Crippen LogP contribution in [0.4, 0.5) is 0 Å². The molecule has 0 aliphatic carbocycles. The Kier molecular flexibility index (Phi) is 2.11. The molecule has 0 radical (unpaired) electrons. The highest BCUT2D eigenvalue weighted by Gasteiger charge is 2.09. The molecular weight excluding hydrogens is 218 g/mol. The Bertz CT molecular complexity index is 691. The van der Waals surface area contributed by atoms with Gasteiger partial charge in [-0.3, -0.25) is 4.40 Å². The van der Waals surface area contributed by atoms with Gasteiger partial charge in [0.25, 0.3) is 5.88 Å². The molecule has 3 aromatic rings. The summed E-state index contributed by atoms with van der Waals surface area (Å²) < 4.78 is 12.4. The quantitative estimate of drug-likeness (QED) is 0.673. The van der Waals surface area contributed by atoms with Crippen molar-refractivity contribution in [3.63, 3.8) is 0 Å². The standard InChI is InChI=1S/C12H11N3O2/c1-16-8-3-4-9-10(7-8)15-6-5-13-11(15)12(14-9)17-2/h3-7H,1-2H3. The van der Waals surface area contributed by atoms with Crippen LogP contribution < -0.4 is 9.47 Å². The third-order valence-corrected chi connectivity index (χ3v) is 2.69. The molecule has 1 aromatic carbocycles. The Balaban J connectivity index is 2.45. The fraction of sp³-hybridized carbons (Fsp3) is 0.167. The van der Waals surface area contributed by atoms with E-state index in [1.807, 2.05) is 28.8 Å². The summed E-state index contributed by atoms with van der Waals surface area (Å²) >= 11 is 0. The molecule has 0 bridgehead atoms. The van der Waals surface area contributed by atoms with Gasteiger partial charge < -0.3 is 9.47 Å². The first-order valence-electron chi connectivity index (χ1n) is 5.18. The van der Waals surface area contributed by atoms with Crippen LogP contribution in [0.3, 0.4) is 0 Å². The van der Waals surface area contributed by atoms with Gasteiger partial charge in [-0.2, -0.15) is 0 Å². The van der Waals surface area contributed by atoms with E-state index in [4.69, 9.17) is 9.47 Å². The average molecular weight is 229 g/mol. The molecule has 5 nitrogen and oxygen atoms in total. The van der Waals surface area contributed by atoms with Crippen LogP contribution in [0.2, 0.25) is 0 Å². The van der Waals surface area contributed by atoms with Crippen LogP contribution in [-0.4, -0.2) is 28.6 Å². The van der Waals surface area contributed by atoms with Gasteiger partial charge >= 0.3 is 0 Å². The molecule has 0 atom stereocenters. The Morgan fingerprint density at radius 1 is 1.18 bits per heavy atom. The predicted octanol–water partition coefficient (Wildman–Crippen LogP) is 1.90. The zero-order chi connectivity index (χ0) is 11.8. The predicted molar refractivity (Wildman–Crippen MR) is 63.6 cm³/mol. The van der Waals surface area contributed by atoms with Crippen LogP contribution in [0.5, 0.6) is 11.6 Å². The fourth-order valence-corrected chi connectivity index (χ4v) is 1.87. The van der Waals surface area contributed by atoms with Crippen LogP contribution in [-0.2, 0) is 0 Å². The summed E-state index contributed by atoms with van der Waals surface area (Å²) in [5.74, 6) is 1.31. The van der Waals surface area contributed by atoms with E-state index >= 15 is 0 Å². The Morgan fingerprint density at radius 2 is 2.06 bits per heavy atom. The zero-order valence-corrected chi connectivity index (χ0v) is 9.54. The average Bonchev–Trinajstić information content (AvgIpc) is 2.86. The lowest BCUT2D eigenvalue weighted by atomic mass is 10.3. The van der Waals surface area contributed by atoms with Gasteiger partial charge in [0.2, 0.25) is 5.65 Å². The van der Waals surface area contributed by atoms with Crippen molar-refractivity contribution in [3.8, 4) is 11.6 Å². The first-order valence-corrected chi connectivity index (χ1v) is 5.18. The SMILES string of the molecule is COc1ccc2nc(OC)c3nccn3c2c1. The Hall–Kier alpha value is -2.30. The maximum absolute atomic E-state index is 5.22. The molecule has 0 amide bonds. The highest BCUT2D eigenvalue weighted by atomic mass is 16.5. The van der Waals surface area contributed by atoms with Gasteiger partial charge in [0.1, 0.15) is 5.75 Å². The van der Waals surface area contributed by atoms with Crippen molar-refractivity contribution < 1.29 is 9.47 Å². The second kappa shape index (κ2) is 3.62. The largest absolute Gasteiger partial charge is 0.497 e. The maximum Gasteiger partial charge on any atom is 0.258 e. The number of hydrogen-bond donors (Lipinski definition) is 0. The Morgan fingerprint density at radius 3 is 2.82 bits per heavy atom. The van der Waals surface area contributed by atoms with Crippen molar-refractivity contribution in [3.05, 3.63) is 30.6 Å². The van der Waals surface area contributed by atoms with Gasteiger partial charge in [-0.05, 0) is 12.1 Å². The van der Waals surface area contributed by atoms with E-state index in [0.717, 1.165) is 16.8 Å². The fourth-order valence-electron chi connectivity index (χ4n) is 1.87. The zero-order valence-electron chi connectivity index (χ0n) is 9.54. The van der Waals surface area contributed by atoms with E-state index in [0.29, 0.717) is 11.5 Å². The minimum atomic E-state index is 0.521. The molecule has 2 heterocycles. The third kappa shape index (κ3) is 1.39. The molecular formula is C12H11N3O2. The smallest absolute Gasteiger partial charge is 0.258 e. The topological polar surface area (TPSA) is 48.7 Å². The number of benzene rings is 1. The number of aromatic nitrogens is 3. The van der Waals surface area contributed by atoms with Gasteiger partial charge in [0.05, 0.1) is 25.3 Å². The van der Waals surface area contributed by atoms with Crippen molar-refractivity contribution >= 4 is 16.7 Å². The highest BCUT2D eigenvalue weighted by molar-refractivity contribution is 5.81. The summed E-state index contributed by atoms with van der Waals surface area (Å²) in [5, 5.41) is 0. The summed E-state index contributed by atoms with van der Waals surface area (Å²) in [5.41, 5.74) is 2.49. The second-order valence-electron chi connectivity index (χ2n) is 3.60. The molecule has 0 saturated carbocycles. The first-order chi connectivity index (χ1) is 8.33. The molecule has 3 rings (SSSR count). The number of rotatable bonds is 2. The summed E-state index contributed by atoms with van der Waals surface area (Å²) in [6.45, 7) is 0. The second-order valence-corrected chi connectivity index (χ2v) is 3.60. The molecule has 86 valence electrons. The van der Waals surface area contributed by atoms with E-state index < -0.39 is 0 Å². The van der Waals surface area contributed by atoms with E-state index in [2.05, 4.69) is 9.97 Å². The molecule has 0 spiro atoms. The lowest BCUT2D eigenvalue weighted by Gasteiger charge is -2.07. The number of imidazole rings is 1. The van der Waals surface area contributed by atoms with Crippen LogP contribution >= 0.6 is 0 Å². The van der Waals surface area contributed by atoms with Crippen molar-refractivity contribution in [1.82, 2.24) is 14.4 Å². The first kappa shape index (κ1) is 9.89. The monoisotopic (exact) mass is 229 g/mol. The minimum Gasteiger partial charge on any atom is -0.497 e. The molecule has 17 heavy (non-hydrogen) atoms. The van der Waals surface area contributed by atoms with Gasteiger partial charge in [0.15, 0.2) is 0 Å². The minimum absolute atomic E-state index is 0.521. The van der Waals surface area contributed by atoms with Crippen LogP contribution in [0.15, 0.2) is 30.6 Å². The molecule has 0 saturated heterocycles. The molecule has 0 aliphatic heterocycles. The van der Waals surface area contributed by atoms with Crippen molar-refractivity contribution in [2.45, 2.75) is 0 Å². The number of methoxy groups -OCH3 is 2. The summed E-state index contributed by atoms with van der Waals surface area (Å²) in [6, 6.07) is 5.70. The van der Waals surface area contributed by atoms with Crippen molar-refractivity contribution in [1.29, 1.82) is 0 Å². The number of ether oxygens (including phenoxy) is 2. The number of nitrogens with zero attached hydrogens (tertiary/aromatic N) is 3. The van der Waals surface area contributed by atoms with Gasteiger partial charge in [0, 0.05) is 18.5 Å². The number of hydrogen-bond acceptors (Lipinski definition) is 4. The summed E-state index contributed by atoms with van der Waals surface area (Å²) in [7, 11) is 3.23. The van der Waals surface area contributed by atoms with Gasteiger partial charge in [-0.15, -0.1) is 0 Å². The Labute approximate surface area is 97.6 Å². The molecule has 0 fully saturated rings. The normalized spacial score (nSPS) is 10.9. The van der Waals surface area contributed by atoms with E-state index in [9.17, 15) is 0 Å². The van der Waals surface area contributed by atoms with E-state index in [1.165, 1.54) is 0 Å². The molecule has 0 unspecified atom stereocenters. The van der Waals surface area contributed by atoms with Crippen molar-refractivity contribution in [2.75, 3.05) is 14.2 Å². The van der Waals surface area contributed by atoms with Gasteiger partial charge in [-0.25, -0.2) is 9.97 Å². The van der Waals surface area contributed by atoms with Gasteiger partial charge in [-0.1, -0.05) is 0 Å². The molecule has 2 aromatic heterocycles. The van der Waals surface area contributed by atoms with Crippen LogP contribution in [0.25, 0.3) is 16.7 Å². The maximum atomic E-state index is 5.22. The lowest BCUT2D eigenvalue weighted by Crippen LogP contribution is -1.97. The van der Waals surface area contributed by atoms with Crippen molar-refractivity contribution in [2.24, 2.45) is 0 Å². The third-order valence-electron chi connectivity index (χ3n) is 2.69. The summed E-state index contributed by atoms with van der Waals surface area (Å²) in [4.78, 5) is 8.64. The molecule has 0 N–H and O–H groups in total. The summed E-state index contributed by atoms with van der Waals surface area (Å²) in [6.07, 6.45) is 3.60. The molecule has 0 aliphatic rings. The van der Waals surface area contributed by atoms with Crippen LogP contribution in [0.1, 0.15) is 0 Å².